The van der Waals surface area contributed by atoms with Gasteiger partial charge in [-0.2, -0.15) is 0 Å². The number of hydrogen-bond donors (Lipinski definition) is 3. The van der Waals surface area contributed by atoms with Crippen LogP contribution in [0, 0.1) is 25.7 Å². The minimum atomic E-state index is -2.07. The average Bonchev–Trinajstić information content (AvgIpc) is 3.29. The Labute approximate surface area is 201 Å². The van der Waals surface area contributed by atoms with Crippen LogP contribution in [0.1, 0.15) is 22.7 Å². The molecule has 0 radical (unpaired) electrons. The smallest absolute Gasteiger partial charge is 0.327 e. The van der Waals surface area contributed by atoms with Crippen molar-refractivity contribution in [2.24, 2.45) is 11.8 Å². The number of fused-ring (bicyclic) bond motifs is 1. The molecule has 2 heterocycles. The van der Waals surface area contributed by atoms with Gasteiger partial charge in [-0.3, -0.25) is 19.7 Å². The summed E-state index contributed by atoms with van der Waals surface area (Å²) in [6.45, 7) is 2.67. The van der Waals surface area contributed by atoms with Crippen molar-refractivity contribution < 1.29 is 34.1 Å². The van der Waals surface area contributed by atoms with Gasteiger partial charge in [0.05, 0.1) is 38.3 Å². The highest BCUT2D eigenvalue weighted by Gasteiger charge is 2.69. The molecule has 0 bridgehead atoms. The van der Waals surface area contributed by atoms with Crippen LogP contribution in [0.25, 0.3) is 0 Å². The molecule has 0 aromatic heterocycles. The van der Waals surface area contributed by atoms with E-state index < -0.39 is 47.8 Å². The van der Waals surface area contributed by atoms with Gasteiger partial charge in [-0.15, -0.1) is 0 Å². The Bertz CT molecular complexity index is 1200. The molecule has 0 aliphatic carbocycles. The van der Waals surface area contributed by atoms with Gasteiger partial charge in [0.15, 0.2) is 5.54 Å². The molecule has 2 saturated heterocycles. The number of ether oxygens (including phenoxy) is 2. The fraction of sp³-hybridized carbons (Fsp3) is 0.375. The molecule has 0 spiro atoms. The fourth-order valence-corrected chi connectivity index (χ4v) is 5.26. The van der Waals surface area contributed by atoms with Crippen molar-refractivity contribution in [1.29, 1.82) is 0 Å². The Morgan fingerprint density at radius 2 is 1.85 bits per heavy atom. The number of aliphatic carboxylic acids is 1. The highest BCUT2D eigenvalue weighted by Crippen LogP contribution is 2.52. The third-order valence-corrected chi connectivity index (χ3v) is 7.25. The van der Waals surface area contributed by atoms with Crippen molar-refractivity contribution in [3.8, 4) is 11.5 Å². The summed E-state index contributed by atoms with van der Waals surface area (Å²) in [7, 11) is 2.96. The number of halogens is 1. The first-order valence-corrected chi connectivity index (χ1v) is 11.0. The molecule has 4 rings (SSSR count). The molecule has 10 heteroatoms. The van der Waals surface area contributed by atoms with Crippen molar-refractivity contribution in [2.45, 2.75) is 25.4 Å². The summed E-state index contributed by atoms with van der Waals surface area (Å²) in [6.07, 6.45) is 0. The number of aryl methyl sites for hydroxylation is 1. The molecular formula is C24H25ClN2O7. The average molecular weight is 489 g/mol. The molecule has 34 heavy (non-hydrogen) atoms. The summed E-state index contributed by atoms with van der Waals surface area (Å²) in [4.78, 5) is 40.6. The quantitative estimate of drug-likeness (QED) is 0.529. The maximum Gasteiger partial charge on any atom is 0.327 e. The molecule has 2 aromatic carbocycles. The highest BCUT2D eigenvalue weighted by atomic mass is 35.5. The Balaban J connectivity index is 1.90. The number of carbonyl (C=O) groups is 3. The molecule has 3 N–H and O–H groups in total. The van der Waals surface area contributed by atoms with E-state index in [9.17, 15) is 24.6 Å². The van der Waals surface area contributed by atoms with Gasteiger partial charge in [-0.1, -0.05) is 23.7 Å². The van der Waals surface area contributed by atoms with Crippen LogP contribution in [0.4, 0.5) is 5.69 Å². The second-order valence-electron chi connectivity index (χ2n) is 8.52. The number of hydrogen-bond acceptors (Lipinski definition) is 7. The van der Waals surface area contributed by atoms with Gasteiger partial charge in [-0.05, 0) is 37.6 Å². The van der Waals surface area contributed by atoms with Crippen molar-refractivity contribution in [3.05, 3.63) is 52.0 Å². The number of anilines is 1. The van der Waals surface area contributed by atoms with Crippen LogP contribution < -0.4 is 19.7 Å². The van der Waals surface area contributed by atoms with E-state index >= 15 is 0 Å². The minimum absolute atomic E-state index is 0.244. The van der Waals surface area contributed by atoms with Crippen molar-refractivity contribution >= 4 is 35.1 Å². The van der Waals surface area contributed by atoms with E-state index in [0.717, 1.165) is 10.5 Å². The number of aliphatic hydroxyl groups excluding tert-OH is 1. The van der Waals surface area contributed by atoms with E-state index in [-0.39, 0.29) is 5.69 Å². The molecule has 9 nitrogen and oxygen atoms in total. The number of rotatable bonds is 6. The van der Waals surface area contributed by atoms with Gasteiger partial charge in [-0.25, -0.2) is 4.90 Å². The zero-order chi connectivity index (χ0) is 24.9. The number of amides is 2. The van der Waals surface area contributed by atoms with Gasteiger partial charge in [0, 0.05) is 22.2 Å². The number of imide groups is 1. The summed E-state index contributed by atoms with van der Waals surface area (Å²) in [5.74, 6) is -4.23. The van der Waals surface area contributed by atoms with E-state index in [4.69, 9.17) is 21.1 Å². The molecule has 2 aliphatic rings. The SMILES string of the molecule is COc1ccc(C2NC(CO)(C(=O)O)C3C(=O)N(c4ccc(C)c(Cl)c4)C(=O)C23)c(OC)c1C. The zero-order valence-electron chi connectivity index (χ0n) is 19.1. The molecule has 2 aliphatic heterocycles. The Kier molecular flexibility index (Phi) is 6.05. The van der Waals surface area contributed by atoms with Gasteiger partial charge < -0.3 is 19.7 Å². The first-order valence-electron chi connectivity index (χ1n) is 10.6. The van der Waals surface area contributed by atoms with Crippen LogP contribution in [-0.4, -0.2) is 54.4 Å². The van der Waals surface area contributed by atoms with Crippen LogP contribution in [0.2, 0.25) is 5.02 Å². The minimum Gasteiger partial charge on any atom is -0.496 e. The Morgan fingerprint density at radius 3 is 2.41 bits per heavy atom. The second kappa shape index (κ2) is 8.57. The lowest BCUT2D eigenvalue weighted by Gasteiger charge is -2.29. The number of methoxy groups -OCH3 is 2. The Morgan fingerprint density at radius 1 is 1.15 bits per heavy atom. The Hall–Kier alpha value is -3.14. The largest absolute Gasteiger partial charge is 0.496 e. The van der Waals surface area contributed by atoms with E-state index in [2.05, 4.69) is 5.32 Å². The van der Waals surface area contributed by atoms with Crippen LogP contribution in [0.3, 0.4) is 0 Å². The third kappa shape index (κ3) is 3.26. The number of carbonyl (C=O) groups excluding carboxylic acids is 2. The van der Waals surface area contributed by atoms with E-state index in [1.54, 1.807) is 38.1 Å². The van der Waals surface area contributed by atoms with Crippen LogP contribution >= 0.6 is 11.6 Å². The molecule has 180 valence electrons. The number of aliphatic hydroxyl groups is 1. The number of benzene rings is 2. The summed E-state index contributed by atoms with van der Waals surface area (Å²) >= 11 is 6.23. The van der Waals surface area contributed by atoms with Crippen LogP contribution in [0.15, 0.2) is 30.3 Å². The molecule has 4 atom stereocenters. The molecular weight excluding hydrogens is 464 g/mol. The van der Waals surface area contributed by atoms with E-state index in [1.165, 1.54) is 20.3 Å². The standard InChI is InChI=1S/C24H25ClN2O7/c1-11-5-6-13(9-15(11)25)27-21(29)17-18(22(27)30)24(10-28,23(31)32)26-19(17)14-7-8-16(33-3)12(2)20(14)34-4/h5-9,17-19,26,28H,10H2,1-4H3,(H,31,32). The van der Waals surface area contributed by atoms with Gasteiger partial charge in [0.1, 0.15) is 11.5 Å². The fourth-order valence-electron chi connectivity index (χ4n) is 5.09. The molecule has 4 unspecified atom stereocenters. The summed E-state index contributed by atoms with van der Waals surface area (Å²) in [5, 5.41) is 23.6. The predicted octanol–water partition coefficient (Wildman–Crippen LogP) is 2.24. The predicted molar refractivity (Wildman–Crippen MR) is 123 cm³/mol. The zero-order valence-corrected chi connectivity index (χ0v) is 19.8. The number of nitrogens with one attached hydrogen (secondary N) is 1. The van der Waals surface area contributed by atoms with Gasteiger partial charge in [0.25, 0.3) is 0 Å². The maximum atomic E-state index is 13.7. The van der Waals surface area contributed by atoms with Gasteiger partial charge in [0.2, 0.25) is 11.8 Å². The summed E-state index contributed by atoms with van der Waals surface area (Å²) in [5.41, 5.74) is 0.0742. The van der Waals surface area contributed by atoms with Crippen LogP contribution in [0.5, 0.6) is 11.5 Å². The van der Waals surface area contributed by atoms with Crippen molar-refractivity contribution in [3.63, 3.8) is 0 Å². The lowest BCUT2D eigenvalue weighted by atomic mass is 9.79. The first-order chi connectivity index (χ1) is 16.1. The van der Waals surface area contributed by atoms with Crippen molar-refractivity contribution in [1.82, 2.24) is 5.32 Å². The molecule has 2 amide bonds. The molecule has 2 fully saturated rings. The first kappa shape index (κ1) is 24.0. The number of carboxylic acid groups (broad SMARTS) is 1. The lowest BCUT2D eigenvalue weighted by molar-refractivity contribution is -0.150. The van der Waals surface area contributed by atoms with Crippen LogP contribution in [-0.2, 0) is 14.4 Å². The van der Waals surface area contributed by atoms with Crippen molar-refractivity contribution in [2.75, 3.05) is 25.7 Å². The topological polar surface area (TPSA) is 125 Å². The number of nitrogens with zero attached hydrogens (tertiary/aromatic N) is 1. The molecule has 2 aromatic rings. The lowest BCUT2D eigenvalue weighted by Crippen LogP contribution is -2.58. The second-order valence-corrected chi connectivity index (χ2v) is 8.93. The van der Waals surface area contributed by atoms with Gasteiger partial charge >= 0.3 is 5.97 Å². The summed E-state index contributed by atoms with van der Waals surface area (Å²) in [6, 6.07) is 7.18. The molecule has 0 saturated carbocycles. The monoisotopic (exact) mass is 488 g/mol. The van der Waals surface area contributed by atoms with E-state index in [0.29, 0.717) is 27.6 Å². The third-order valence-electron chi connectivity index (χ3n) is 6.84. The summed E-state index contributed by atoms with van der Waals surface area (Å²) < 4.78 is 10.9. The highest BCUT2D eigenvalue weighted by molar-refractivity contribution is 6.32. The van der Waals surface area contributed by atoms with E-state index in [1.807, 2.05) is 0 Å². The maximum absolute atomic E-state index is 13.7. The normalized spacial score (nSPS) is 26.1. The number of carboxylic acids is 1.